The fraction of sp³-hybridized carbons (Fsp3) is 0.429. The smallest absolute Gasteiger partial charge is 0.309 e. The first kappa shape index (κ1) is 14.4. The highest BCUT2D eigenvalue weighted by Gasteiger charge is 2.27. The van der Waals surface area contributed by atoms with Gasteiger partial charge >= 0.3 is 5.97 Å². The van der Waals surface area contributed by atoms with Gasteiger partial charge in [0.2, 0.25) is 0 Å². The number of hydrogen-bond donors (Lipinski definition) is 1. The summed E-state index contributed by atoms with van der Waals surface area (Å²) >= 11 is 0. The van der Waals surface area contributed by atoms with Crippen LogP contribution < -0.4 is 0 Å². The summed E-state index contributed by atoms with van der Waals surface area (Å²) in [5, 5.41) is 8.94. The lowest BCUT2D eigenvalue weighted by Gasteiger charge is -2.18. The predicted molar refractivity (Wildman–Crippen MR) is 66.1 cm³/mol. The minimum absolute atomic E-state index is 0.143. The van der Waals surface area contributed by atoms with Gasteiger partial charge in [0.1, 0.15) is 5.82 Å². The van der Waals surface area contributed by atoms with Crippen molar-refractivity contribution in [3.63, 3.8) is 0 Å². The van der Waals surface area contributed by atoms with Crippen molar-refractivity contribution in [2.45, 2.75) is 33.6 Å². The van der Waals surface area contributed by atoms with E-state index < -0.39 is 11.4 Å². The van der Waals surface area contributed by atoms with Crippen molar-refractivity contribution in [3.8, 4) is 0 Å². The van der Waals surface area contributed by atoms with E-state index in [4.69, 9.17) is 5.11 Å². The molecular weight excluding hydrogens is 235 g/mol. The van der Waals surface area contributed by atoms with Crippen LogP contribution in [0.5, 0.6) is 0 Å². The van der Waals surface area contributed by atoms with Crippen molar-refractivity contribution < 1.29 is 19.1 Å². The SMILES string of the molecule is Cc1cc(C(=O)CCC(C)(C)C(=O)O)ccc1F. The number of hydrogen-bond acceptors (Lipinski definition) is 2. The van der Waals surface area contributed by atoms with Gasteiger partial charge < -0.3 is 5.11 Å². The van der Waals surface area contributed by atoms with Gasteiger partial charge in [-0.3, -0.25) is 9.59 Å². The Hall–Kier alpha value is -1.71. The summed E-state index contributed by atoms with van der Waals surface area (Å²) in [6, 6.07) is 4.18. The molecule has 0 aliphatic heterocycles. The standard InChI is InChI=1S/C14H17FO3/c1-9-8-10(4-5-11(9)15)12(16)6-7-14(2,3)13(17)18/h4-5,8H,6-7H2,1-3H3,(H,17,18). The Kier molecular flexibility index (Phi) is 4.22. The molecular formula is C14H17FO3. The summed E-state index contributed by atoms with van der Waals surface area (Å²) in [6.45, 7) is 4.75. The van der Waals surface area contributed by atoms with E-state index in [1.807, 2.05) is 0 Å². The lowest BCUT2D eigenvalue weighted by atomic mass is 9.86. The first-order chi connectivity index (χ1) is 8.24. The van der Waals surface area contributed by atoms with E-state index >= 15 is 0 Å². The molecule has 0 unspecified atom stereocenters. The quantitative estimate of drug-likeness (QED) is 0.819. The maximum Gasteiger partial charge on any atom is 0.309 e. The van der Waals surface area contributed by atoms with Crippen LogP contribution in [0.3, 0.4) is 0 Å². The number of carbonyl (C=O) groups excluding carboxylic acids is 1. The zero-order chi connectivity index (χ0) is 13.9. The third-order valence-electron chi connectivity index (χ3n) is 3.04. The molecule has 98 valence electrons. The molecule has 0 aliphatic carbocycles. The number of benzene rings is 1. The summed E-state index contributed by atoms with van der Waals surface area (Å²) < 4.78 is 13.1. The van der Waals surface area contributed by atoms with Gasteiger partial charge in [-0.25, -0.2) is 4.39 Å². The Morgan fingerprint density at radius 3 is 2.44 bits per heavy atom. The molecule has 0 heterocycles. The van der Waals surface area contributed by atoms with Gasteiger partial charge in [-0.2, -0.15) is 0 Å². The van der Waals surface area contributed by atoms with Crippen molar-refractivity contribution in [2.75, 3.05) is 0 Å². The second kappa shape index (κ2) is 5.29. The van der Waals surface area contributed by atoms with E-state index in [0.29, 0.717) is 11.1 Å². The molecule has 1 rings (SSSR count). The lowest BCUT2D eigenvalue weighted by molar-refractivity contribution is -0.147. The largest absolute Gasteiger partial charge is 0.481 e. The monoisotopic (exact) mass is 252 g/mol. The van der Waals surface area contributed by atoms with E-state index in [9.17, 15) is 14.0 Å². The summed E-state index contributed by atoms with van der Waals surface area (Å²) in [6.07, 6.45) is 0.405. The Bertz CT molecular complexity index is 478. The molecule has 18 heavy (non-hydrogen) atoms. The minimum atomic E-state index is -0.926. The van der Waals surface area contributed by atoms with Crippen molar-refractivity contribution in [1.29, 1.82) is 0 Å². The second-order valence-corrected chi connectivity index (χ2v) is 5.08. The Balaban J connectivity index is 2.72. The van der Waals surface area contributed by atoms with E-state index in [0.717, 1.165) is 0 Å². The van der Waals surface area contributed by atoms with Gasteiger partial charge in [0, 0.05) is 12.0 Å². The number of carbonyl (C=O) groups is 2. The minimum Gasteiger partial charge on any atom is -0.481 e. The van der Waals surface area contributed by atoms with Gasteiger partial charge in [0.15, 0.2) is 5.78 Å². The van der Waals surface area contributed by atoms with Crippen LogP contribution in [0.1, 0.15) is 42.6 Å². The highest BCUT2D eigenvalue weighted by atomic mass is 19.1. The zero-order valence-corrected chi connectivity index (χ0v) is 10.8. The molecule has 1 N–H and O–H groups in total. The van der Waals surface area contributed by atoms with Crippen LogP contribution in [0.15, 0.2) is 18.2 Å². The second-order valence-electron chi connectivity index (χ2n) is 5.08. The average molecular weight is 252 g/mol. The zero-order valence-electron chi connectivity index (χ0n) is 10.8. The summed E-state index contributed by atoms with van der Waals surface area (Å²) in [5.74, 6) is -1.43. The van der Waals surface area contributed by atoms with Crippen molar-refractivity contribution >= 4 is 11.8 Å². The number of aryl methyl sites for hydroxylation is 1. The topological polar surface area (TPSA) is 54.4 Å². The third kappa shape index (κ3) is 3.39. The van der Waals surface area contributed by atoms with E-state index in [1.165, 1.54) is 18.2 Å². The fourth-order valence-electron chi connectivity index (χ4n) is 1.50. The van der Waals surface area contributed by atoms with Crippen LogP contribution in [-0.2, 0) is 4.79 Å². The van der Waals surface area contributed by atoms with Crippen LogP contribution in [0, 0.1) is 18.2 Å². The number of halogens is 1. The molecule has 1 aromatic rings. The van der Waals surface area contributed by atoms with Crippen LogP contribution in [0.25, 0.3) is 0 Å². The third-order valence-corrected chi connectivity index (χ3v) is 3.04. The summed E-state index contributed by atoms with van der Waals surface area (Å²) in [5.41, 5.74) is -0.0847. The molecule has 0 fully saturated rings. The molecule has 0 aliphatic rings. The molecule has 0 saturated heterocycles. The molecule has 3 nitrogen and oxygen atoms in total. The van der Waals surface area contributed by atoms with Gasteiger partial charge in [-0.15, -0.1) is 0 Å². The number of ketones is 1. The molecule has 4 heteroatoms. The van der Waals surface area contributed by atoms with Gasteiger partial charge in [-0.1, -0.05) is 0 Å². The maximum atomic E-state index is 13.1. The average Bonchev–Trinajstić information content (AvgIpc) is 2.29. The number of carboxylic acid groups (broad SMARTS) is 1. The summed E-state index contributed by atoms with van der Waals surface area (Å²) in [7, 11) is 0. The molecule has 0 amide bonds. The van der Waals surface area contributed by atoms with Crippen molar-refractivity contribution in [1.82, 2.24) is 0 Å². The predicted octanol–water partition coefficient (Wildman–Crippen LogP) is 3.21. The van der Waals surface area contributed by atoms with Crippen LogP contribution in [0.4, 0.5) is 4.39 Å². The van der Waals surface area contributed by atoms with E-state index in [-0.39, 0.29) is 24.4 Å². The van der Waals surface area contributed by atoms with E-state index in [1.54, 1.807) is 20.8 Å². The van der Waals surface area contributed by atoms with E-state index in [2.05, 4.69) is 0 Å². The number of carboxylic acids is 1. The number of aliphatic carboxylic acids is 1. The maximum absolute atomic E-state index is 13.1. The summed E-state index contributed by atoms with van der Waals surface area (Å²) in [4.78, 5) is 22.8. The Morgan fingerprint density at radius 2 is 1.94 bits per heavy atom. The molecule has 0 radical (unpaired) electrons. The Morgan fingerprint density at radius 1 is 1.33 bits per heavy atom. The Labute approximate surface area is 106 Å². The molecule has 0 spiro atoms. The molecule has 0 atom stereocenters. The first-order valence-corrected chi connectivity index (χ1v) is 5.77. The highest BCUT2D eigenvalue weighted by molar-refractivity contribution is 5.96. The van der Waals surface area contributed by atoms with Crippen LogP contribution in [-0.4, -0.2) is 16.9 Å². The molecule has 1 aromatic carbocycles. The highest BCUT2D eigenvalue weighted by Crippen LogP contribution is 2.24. The molecule has 0 aromatic heterocycles. The number of Topliss-reactive ketones (excluding diaryl/α,β-unsaturated/α-hetero) is 1. The van der Waals surface area contributed by atoms with Crippen LogP contribution in [0.2, 0.25) is 0 Å². The number of rotatable bonds is 5. The molecule has 0 saturated carbocycles. The van der Waals surface area contributed by atoms with Crippen molar-refractivity contribution in [2.24, 2.45) is 5.41 Å². The first-order valence-electron chi connectivity index (χ1n) is 5.77. The van der Waals surface area contributed by atoms with Crippen molar-refractivity contribution in [3.05, 3.63) is 35.1 Å². The fourth-order valence-corrected chi connectivity index (χ4v) is 1.50. The van der Waals surface area contributed by atoms with Crippen LogP contribution >= 0.6 is 0 Å². The molecule has 0 bridgehead atoms. The van der Waals surface area contributed by atoms with Gasteiger partial charge in [0.25, 0.3) is 0 Å². The van der Waals surface area contributed by atoms with Gasteiger partial charge in [0.05, 0.1) is 5.41 Å². The normalized spacial score (nSPS) is 11.3. The lowest BCUT2D eigenvalue weighted by Crippen LogP contribution is -2.24. The van der Waals surface area contributed by atoms with Gasteiger partial charge in [-0.05, 0) is 51.0 Å².